The molecule has 0 aromatic heterocycles. The highest BCUT2D eigenvalue weighted by Crippen LogP contribution is 2.21. The third-order valence-electron chi connectivity index (χ3n) is 12.8. The Balaban J connectivity index is -0.00000123. The zero-order valence-corrected chi connectivity index (χ0v) is 43.9. The number of rotatable bonds is 46. The molecule has 0 fully saturated rings. The molecule has 0 heterocycles. The third kappa shape index (κ3) is 45.2. The largest absolute Gasteiger partial charge is 0.394 e. The van der Waals surface area contributed by atoms with Crippen molar-refractivity contribution in [2.75, 3.05) is 65.5 Å². The van der Waals surface area contributed by atoms with Crippen molar-refractivity contribution in [2.45, 2.75) is 227 Å². The molecule has 3 amide bonds. The van der Waals surface area contributed by atoms with Crippen molar-refractivity contribution in [2.24, 2.45) is 41.1 Å². The van der Waals surface area contributed by atoms with Gasteiger partial charge in [0.15, 0.2) is 6.10 Å². The van der Waals surface area contributed by atoms with Gasteiger partial charge in [0.2, 0.25) is 11.8 Å². The van der Waals surface area contributed by atoms with E-state index in [1.165, 1.54) is 89.9 Å². The summed E-state index contributed by atoms with van der Waals surface area (Å²) in [6.07, 6.45) is 19.9. The predicted octanol–water partition coefficient (Wildman–Crippen LogP) is 6.05. The summed E-state index contributed by atoms with van der Waals surface area (Å²) < 4.78 is 0. The van der Waals surface area contributed by atoms with Gasteiger partial charge in [0.25, 0.3) is 5.91 Å². The SMILES string of the molecule is C.CC(C)CCCC(C)CCC(=O)NCCCCCCC(CNCCCCN)CNCCCCN.CCCCCCC(C)CCCC(C)CCC(=O)NCCNC(=O)[C@H](O)[C@@H](O)[C@H](O)[C@H](O)CO. The first kappa shape index (κ1) is 70.3. The summed E-state index contributed by atoms with van der Waals surface area (Å²) in [5, 5.41) is 62.3. The number of hydrogen-bond donors (Lipinski definition) is 12. The van der Waals surface area contributed by atoms with E-state index in [4.69, 9.17) is 16.6 Å². The maximum Gasteiger partial charge on any atom is 0.251 e. The van der Waals surface area contributed by atoms with Crippen molar-refractivity contribution in [3.63, 3.8) is 0 Å². The van der Waals surface area contributed by atoms with Crippen molar-refractivity contribution < 1.29 is 39.9 Å². The smallest absolute Gasteiger partial charge is 0.251 e. The quantitative estimate of drug-likeness (QED) is 0.0311. The van der Waals surface area contributed by atoms with Crippen LogP contribution in [0.1, 0.15) is 203 Å². The summed E-state index contributed by atoms with van der Waals surface area (Å²) in [6.45, 7) is 19.6. The Morgan fingerprint density at radius 1 is 0.485 bits per heavy atom. The second kappa shape index (κ2) is 50.0. The molecule has 0 rings (SSSR count). The molecule has 0 aliphatic rings. The van der Waals surface area contributed by atoms with Crippen LogP contribution in [0.2, 0.25) is 0 Å². The summed E-state index contributed by atoms with van der Waals surface area (Å²) in [7, 11) is 0. The highest BCUT2D eigenvalue weighted by Gasteiger charge is 2.34. The van der Waals surface area contributed by atoms with Crippen LogP contribution in [0.3, 0.4) is 0 Å². The first-order chi connectivity index (χ1) is 32.1. The second-order valence-electron chi connectivity index (χ2n) is 20.1. The van der Waals surface area contributed by atoms with Gasteiger partial charge in [0, 0.05) is 32.5 Å². The topological polar surface area (TPSA) is 265 Å². The minimum atomic E-state index is -1.98. The number of aliphatic hydroxyl groups is 5. The number of nitrogens with two attached hydrogens (primary N) is 2. The van der Waals surface area contributed by atoms with Crippen LogP contribution in [0.5, 0.6) is 0 Å². The molecule has 15 nitrogen and oxygen atoms in total. The lowest BCUT2D eigenvalue weighted by Gasteiger charge is -2.24. The van der Waals surface area contributed by atoms with Crippen LogP contribution >= 0.6 is 0 Å². The normalized spacial score (nSPS) is 14.5. The summed E-state index contributed by atoms with van der Waals surface area (Å²) in [5.41, 5.74) is 11.2. The zero-order chi connectivity index (χ0) is 50.5. The molecular weight excluding hydrogens is 863 g/mol. The fourth-order valence-electron chi connectivity index (χ4n) is 7.96. The predicted molar refractivity (Wildman–Crippen MR) is 283 cm³/mol. The first-order valence-electron chi connectivity index (χ1n) is 27.1. The van der Waals surface area contributed by atoms with Crippen molar-refractivity contribution in [3.05, 3.63) is 0 Å². The van der Waals surface area contributed by atoms with Crippen LogP contribution in [-0.2, 0) is 14.4 Å². The second-order valence-corrected chi connectivity index (χ2v) is 20.1. The Labute approximate surface area is 417 Å². The summed E-state index contributed by atoms with van der Waals surface area (Å²) in [5.74, 6) is 2.53. The van der Waals surface area contributed by atoms with Gasteiger partial charge >= 0.3 is 0 Å². The van der Waals surface area contributed by atoms with E-state index < -0.39 is 36.9 Å². The fourth-order valence-corrected chi connectivity index (χ4v) is 7.96. The van der Waals surface area contributed by atoms with Crippen LogP contribution < -0.4 is 38.1 Å². The molecule has 14 N–H and O–H groups in total. The number of hydrogen-bond acceptors (Lipinski definition) is 12. The molecule has 0 spiro atoms. The van der Waals surface area contributed by atoms with Crippen molar-refractivity contribution in [3.8, 4) is 0 Å². The lowest BCUT2D eigenvalue weighted by atomic mass is 9.93. The van der Waals surface area contributed by atoms with Gasteiger partial charge in [0.1, 0.15) is 18.3 Å². The van der Waals surface area contributed by atoms with E-state index in [-0.39, 0.29) is 32.3 Å². The Hall–Kier alpha value is -1.95. The van der Waals surface area contributed by atoms with Crippen molar-refractivity contribution in [1.29, 1.82) is 0 Å². The van der Waals surface area contributed by atoms with Crippen LogP contribution in [0.4, 0.5) is 0 Å². The van der Waals surface area contributed by atoms with Crippen LogP contribution in [-0.4, -0.2) is 133 Å². The van der Waals surface area contributed by atoms with Gasteiger partial charge in [-0.05, 0) is 120 Å². The lowest BCUT2D eigenvalue weighted by Crippen LogP contribution is -2.52. The Morgan fingerprint density at radius 2 is 0.926 bits per heavy atom. The van der Waals surface area contributed by atoms with Crippen molar-refractivity contribution in [1.82, 2.24) is 26.6 Å². The zero-order valence-electron chi connectivity index (χ0n) is 43.9. The molecule has 0 aliphatic carbocycles. The Bertz CT molecular complexity index is 1110. The third-order valence-corrected chi connectivity index (χ3v) is 12.8. The van der Waals surface area contributed by atoms with Crippen LogP contribution in [0.15, 0.2) is 0 Å². The molecule has 0 radical (unpaired) electrons. The number of carbonyl (C=O) groups is 3. The van der Waals surface area contributed by atoms with Gasteiger partial charge in [0.05, 0.1) is 6.61 Å². The maximum absolute atomic E-state index is 12.1. The van der Waals surface area contributed by atoms with E-state index in [2.05, 4.69) is 68.1 Å². The van der Waals surface area contributed by atoms with E-state index in [0.717, 1.165) is 109 Å². The van der Waals surface area contributed by atoms with Gasteiger partial charge in [-0.2, -0.15) is 0 Å². The van der Waals surface area contributed by atoms with E-state index >= 15 is 0 Å². The summed E-state index contributed by atoms with van der Waals surface area (Å²) in [4.78, 5) is 35.9. The average molecular weight is 977 g/mol. The molecule has 408 valence electrons. The molecule has 0 aromatic rings. The molecule has 0 aromatic carbocycles. The maximum atomic E-state index is 12.1. The molecule has 68 heavy (non-hydrogen) atoms. The monoisotopic (exact) mass is 976 g/mol. The van der Waals surface area contributed by atoms with E-state index in [1.807, 2.05) is 0 Å². The Morgan fingerprint density at radius 3 is 1.44 bits per heavy atom. The van der Waals surface area contributed by atoms with Crippen LogP contribution in [0.25, 0.3) is 0 Å². The minimum absolute atomic E-state index is 0. The molecule has 0 saturated heterocycles. The summed E-state index contributed by atoms with van der Waals surface area (Å²) >= 11 is 0. The molecule has 3 unspecified atom stereocenters. The molecule has 0 saturated carbocycles. The highest BCUT2D eigenvalue weighted by molar-refractivity contribution is 5.81. The number of carbonyl (C=O) groups excluding carboxylic acids is 3. The fraction of sp³-hybridized carbons (Fsp3) is 0.943. The van der Waals surface area contributed by atoms with Crippen molar-refractivity contribution >= 4 is 17.7 Å². The van der Waals surface area contributed by atoms with E-state index in [1.54, 1.807) is 0 Å². The molecule has 0 bridgehead atoms. The molecular formula is C53H113N7O8. The van der Waals surface area contributed by atoms with Gasteiger partial charge in [-0.1, -0.05) is 139 Å². The minimum Gasteiger partial charge on any atom is -0.394 e. The molecule has 15 heteroatoms. The Kier molecular flexibility index (Phi) is 51.7. The van der Waals surface area contributed by atoms with Gasteiger partial charge in [-0.3, -0.25) is 14.4 Å². The number of nitrogens with one attached hydrogen (secondary N) is 5. The summed E-state index contributed by atoms with van der Waals surface area (Å²) in [6, 6.07) is 0. The number of aliphatic hydroxyl groups excluding tert-OH is 5. The average Bonchev–Trinajstić information content (AvgIpc) is 3.31. The van der Waals surface area contributed by atoms with E-state index in [0.29, 0.717) is 30.6 Å². The van der Waals surface area contributed by atoms with E-state index in [9.17, 15) is 34.8 Å². The van der Waals surface area contributed by atoms with Gasteiger partial charge in [-0.15, -0.1) is 0 Å². The van der Waals surface area contributed by atoms with Gasteiger partial charge in [-0.25, -0.2) is 0 Å². The standard InChI is InChI=1S/C28H61N5O.C24H48N2O7.CH4/c1-25(2)13-12-14-26(3)16-17-28(34)33-22-9-5-4-6-15-27(23-31-20-10-7-18-29)24-32-21-11-8-19-30;1-4-5-6-7-9-17(2)10-8-11-18(3)12-13-20(29)25-14-15-26-24(33)23(32)22(31)21(30)19(28)16-27;/h25-27,31-32H,4-24,29-30H2,1-3H3,(H,33,34);17-19,21-23,27-28,30-32H,4-16H2,1-3H3,(H,25,29)(H,26,33);1H4/t;17?,18?,19-,21-,22+,23-;/m.1./s1. The van der Waals surface area contributed by atoms with Gasteiger partial charge < -0.3 is 63.6 Å². The molecule has 7 atom stereocenters. The molecule has 0 aliphatic heterocycles. The van der Waals surface area contributed by atoms with Crippen LogP contribution in [0, 0.1) is 29.6 Å². The number of amides is 3. The highest BCUT2D eigenvalue weighted by atomic mass is 16.4. The first-order valence-corrected chi connectivity index (χ1v) is 27.1. The lowest BCUT2D eigenvalue weighted by molar-refractivity contribution is -0.148. The number of unbranched alkanes of at least 4 members (excludes halogenated alkanes) is 8.